The van der Waals surface area contributed by atoms with Crippen LogP contribution in [0, 0.1) is 0 Å². The first-order valence-corrected chi connectivity index (χ1v) is 8.73. The van der Waals surface area contributed by atoms with E-state index in [1.165, 1.54) is 7.11 Å². The van der Waals surface area contributed by atoms with Gasteiger partial charge in [-0.25, -0.2) is 0 Å². The number of rotatable bonds is 5. The van der Waals surface area contributed by atoms with E-state index in [1.54, 1.807) is 6.07 Å². The Kier molecular flexibility index (Phi) is 5.26. The largest absolute Gasteiger partial charge is 0.489 e. The maximum Gasteiger partial charge on any atom is 0.307 e. The van der Waals surface area contributed by atoms with E-state index in [1.807, 2.05) is 49.4 Å². The Labute approximate surface area is 153 Å². The third-order valence-corrected chi connectivity index (χ3v) is 4.89. The van der Waals surface area contributed by atoms with E-state index in [4.69, 9.17) is 9.47 Å². The average molecular weight is 353 g/mol. The van der Waals surface area contributed by atoms with Crippen molar-refractivity contribution in [1.82, 2.24) is 5.32 Å². The quantitative estimate of drug-likeness (QED) is 0.834. The fraction of sp³-hybridized carbons (Fsp3) is 0.333. The monoisotopic (exact) mass is 353 g/mol. The van der Waals surface area contributed by atoms with Crippen LogP contribution in [0.15, 0.2) is 48.5 Å². The Hall–Kier alpha value is -2.82. The van der Waals surface area contributed by atoms with E-state index in [0.29, 0.717) is 11.3 Å². The van der Waals surface area contributed by atoms with Gasteiger partial charge in [0.05, 0.1) is 25.1 Å². The van der Waals surface area contributed by atoms with Gasteiger partial charge in [0, 0.05) is 11.5 Å². The van der Waals surface area contributed by atoms with Crippen LogP contribution in [0.2, 0.25) is 0 Å². The second kappa shape index (κ2) is 7.60. The number of hydrogen-bond acceptors (Lipinski definition) is 4. The van der Waals surface area contributed by atoms with Crippen LogP contribution in [0.3, 0.4) is 0 Å². The first kappa shape index (κ1) is 18.0. The lowest BCUT2D eigenvalue weighted by molar-refractivity contribution is -0.141. The number of carbonyl (C=O) groups is 2. The van der Waals surface area contributed by atoms with Crippen molar-refractivity contribution in [2.75, 3.05) is 7.11 Å². The molecule has 1 aliphatic heterocycles. The Bertz CT molecular complexity index is 803. The highest BCUT2D eigenvalue weighted by Gasteiger charge is 2.31. The summed E-state index contributed by atoms with van der Waals surface area (Å²) in [6, 6.07) is 14.5. The van der Waals surface area contributed by atoms with Crippen LogP contribution in [-0.2, 0) is 9.53 Å². The predicted molar refractivity (Wildman–Crippen MR) is 98.2 cm³/mol. The van der Waals surface area contributed by atoms with Gasteiger partial charge >= 0.3 is 5.97 Å². The molecule has 0 spiro atoms. The molecular weight excluding hydrogens is 330 g/mol. The Balaban J connectivity index is 1.86. The van der Waals surface area contributed by atoms with Crippen molar-refractivity contribution in [3.05, 3.63) is 65.2 Å². The van der Waals surface area contributed by atoms with Crippen molar-refractivity contribution < 1.29 is 19.1 Å². The molecule has 1 aliphatic rings. The van der Waals surface area contributed by atoms with Crippen molar-refractivity contribution in [2.45, 2.75) is 38.3 Å². The Morgan fingerprint density at radius 1 is 1.12 bits per heavy atom. The van der Waals surface area contributed by atoms with Crippen LogP contribution < -0.4 is 10.1 Å². The third kappa shape index (κ3) is 3.57. The van der Waals surface area contributed by atoms with Crippen LogP contribution >= 0.6 is 0 Å². The van der Waals surface area contributed by atoms with Crippen molar-refractivity contribution >= 4 is 11.9 Å². The third-order valence-electron chi connectivity index (χ3n) is 4.89. The van der Waals surface area contributed by atoms with Gasteiger partial charge in [-0.05, 0) is 18.6 Å². The number of ether oxygens (including phenoxy) is 2. The summed E-state index contributed by atoms with van der Waals surface area (Å²) >= 11 is 0. The summed E-state index contributed by atoms with van der Waals surface area (Å²) in [5.41, 5.74) is 2.38. The van der Waals surface area contributed by atoms with Crippen LogP contribution in [-0.4, -0.2) is 25.1 Å². The molecule has 0 aromatic heterocycles. The molecule has 0 saturated carbocycles. The molecular formula is C21H23NO4. The van der Waals surface area contributed by atoms with Gasteiger partial charge < -0.3 is 14.8 Å². The minimum Gasteiger partial charge on any atom is -0.489 e. The molecule has 0 radical (unpaired) electrons. The molecule has 3 rings (SSSR count). The zero-order chi connectivity index (χ0) is 18.7. The summed E-state index contributed by atoms with van der Waals surface area (Å²) in [7, 11) is 1.34. The second-order valence-electron chi connectivity index (χ2n) is 6.55. The fourth-order valence-electron chi connectivity index (χ4n) is 3.19. The minimum atomic E-state index is -0.469. The zero-order valence-electron chi connectivity index (χ0n) is 15.2. The molecule has 0 saturated heterocycles. The molecule has 2 aromatic rings. The molecule has 0 bridgehead atoms. The number of esters is 1. The maximum atomic E-state index is 12.9. The second-order valence-corrected chi connectivity index (χ2v) is 6.55. The van der Waals surface area contributed by atoms with Crippen LogP contribution in [0.5, 0.6) is 5.75 Å². The average Bonchev–Trinajstić information content (AvgIpc) is 2.96. The van der Waals surface area contributed by atoms with Gasteiger partial charge in [0.1, 0.15) is 11.9 Å². The first-order chi connectivity index (χ1) is 12.5. The molecule has 2 aromatic carbocycles. The van der Waals surface area contributed by atoms with E-state index in [2.05, 4.69) is 12.2 Å². The molecule has 5 heteroatoms. The van der Waals surface area contributed by atoms with Gasteiger partial charge in [-0.3, -0.25) is 9.59 Å². The first-order valence-electron chi connectivity index (χ1n) is 8.73. The highest BCUT2D eigenvalue weighted by atomic mass is 16.5. The van der Waals surface area contributed by atoms with Gasteiger partial charge in [0.2, 0.25) is 0 Å². The SMILES string of the molecule is COC(=O)CC(NC(=O)c1cccc2c1OC(C)C2C)c1ccccc1. The van der Waals surface area contributed by atoms with Gasteiger partial charge in [-0.1, -0.05) is 49.4 Å². The number of methoxy groups -OCH3 is 1. The van der Waals surface area contributed by atoms with Gasteiger partial charge in [-0.2, -0.15) is 0 Å². The van der Waals surface area contributed by atoms with E-state index < -0.39 is 6.04 Å². The van der Waals surface area contributed by atoms with Crippen LogP contribution in [0.1, 0.15) is 53.7 Å². The minimum absolute atomic E-state index is 0.0268. The maximum absolute atomic E-state index is 12.9. The smallest absolute Gasteiger partial charge is 0.307 e. The Morgan fingerprint density at radius 2 is 1.85 bits per heavy atom. The van der Waals surface area contributed by atoms with E-state index >= 15 is 0 Å². The molecule has 3 atom stereocenters. The molecule has 0 aliphatic carbocycles. The normalized spacial score (nSPS) is 19.2. The molecule has 1 N–H and O–H groups in total. The lowest BCUT2D eigenvalue weighted by Gasteiger charge is -2.19. The fourth-order valence-corrected chi connectivity index (χ4v) is 3.19. The number of nitrogens with one attached hydrogen (secondary N) is 1. The molecule has 1 heterocycles. The number of carbonyl (C=O) groups excluding carboxylic acids is 2. The lowest BCUT2D eigenvalue weighted by Crippen LogP contribution is -2.30. The molecule has 136 valence electrons. The van der Waals surface area contributed by atoms with Crippen molar-refractivity contribution in [3.8, 4) is 5.75 Å². The lowest BCUT2D eigenvalue weighted by atomic mass is 9.96. The summed E-state index contributed by atoms with van der Waals surface area (Å²) in [5.74, 6) is 0.226. The van der Waals surface area contributed by atoms with Gasteiger partial charge in [0.25, 0.3) is 5.91 Å². The van der Waals surface area contributed by atoms with Crippen molar-refractivity contribution in [3.63, 3.8) is 0 Å². The molecule has 0 fully saturated rings. The van der Waals surface area contributed by atoms with Crippen molar-refractivity contribution in [2.24, 2.45) is 0 Å². The highest BCUT2D eigenvalue weighted by Crippen LogP contribution is 2.40. The predicted octanol–water partition coefficient (Wildman–Crippen LogP) is 3.61. The summed E-state index contributed by atoms with van der Waals surface area (Å²) in [6.07, 6.45) is 0.0912. The van der Waals surface area contributed by atoms with E-state index in [0.717, 1.165) is 11.1 Å². The number of amides is 1. The van der Waals surface area contributed by atoms with Crippen molar-refractivity contribution in [1.29, 1.82) is 0 Å². The summed E-state index contributed by atoms with van der Waals surface area (Å²) in [6.45, 7) is 4.08. The van der Waals surface area contributed by atoms with E-state index in [9.17, 15) is 9.59 Å². The van der Waals surface area contributed by atoms with E-state index in [-0.39, 0.29) is 30.3 Å². The molecule has 3 unspecified atom stereocenters. The molecule has 1 amide bonds. The van der Waals surface area contributed by atoms with Crippen LogP contribution in [0.4, 0.5) is 0 Å². The van der Waals surface area contributed by atoms with Gasteiger partial charge in [-0.15, -0.1) is 0 Å². The molecule has 26 heavy (non-hydrogen) atoms. The summed E-state index contributed by atoms with van der Waals surface area (Å²) in [5, 5.41) is 2.95. The number of fused-ring (bicyclic) bond motifs is 1. The topological polar surface area (TPSA) is 64.6 Å². The standard InChI is InChI=1S/C21H23NO4/c1-13-14(2)26-20-16(13)10-7-11-17(20)21(24)22-18(12-19(23)25-3)15-8-5-4-6-9-15/h4-11,13-14,18H,12H2,1-3H3,(H,22,24). The van der Waals surface area contributed by atoms with Crippen LogP contribution in [0.25, 0.3) is 0 Å². The zero-order valence-corrected chi connectivity index (χ0v) is 15.2. The summed E-state index contributed by atoms with van der Waals surface area (Å²) in [4.78, 5) is 24.7. The number of para-hydroxylation sites is 1. The number of hydrogen-bond donors (Lipinski definition) is 1. The molecule has 5 nitrogen and oxygen atoms in total. The summed E-state index contributed by atoms with van der Waals surface area (Å²) < 4.78 is 10.7. The number of benzene rings is 2. The highest BCUT2D eigenvalue weighted by molar-refractivity contribution is 5.98. The van der Waals surface area contributed by atoms with Gasteiger partial charge in [0.15, 0.2) is 0 Å². The Morgan fingerprint density at radius 3 is 2.54 bits per heavy atom.